The van der Waals surface area contributed by atoms with Gasteiger partial charge in [-0.05, 0) is 31.0 Å². The lowest BCUT2D eigenvalue weighted by molar-refractivity contribution is 0.670. The van der Waals surface area contributed by atoms with Crippen LogP contribution in [0, 0.1) is 11.3 Å². The quantitative estimate of drug-likeness (QED) is 0.821. The number of para-hydroxylation sites is 1. The minimum absolute atomic E-state index is 0.462. The fourth-order valence-electron chi connectivity index (χ4n) is 2.72. The average Bonchev–Trinajstić information content (AvgIpc) is 2.76. The van der Waals surface area contributed by atoms with Gasteiger partial charge in [0.15, 0.2) is 0 Å². The van der Waals surface area contributed by atoms with Gasteiger partial charge in [-0.2, -0.15) is 5.26 Å². The van der Waals surface area contributed by atoms with Crippen LogP contribution >= 0.6 is 0 Å². The molecule has 3 rings (SSSR count). The Morgan fingerprint density at radius 1 is 1.32 bits per heavy atom. The fourth-order valence-corrected chi connectivity index (χ4v) is 2.72. The van der Waals surface area contributed by atoms with Crippen molar-refractivity contribution in [3.63, 3.8) is 0 Å². The third kappa shape index (κ3) is 2.06. The first-order chi connectivity index (χ1) is 9.29. The smallest absolute Gasteiger partial charge is 0.145 e. The molecule has 0 bridgehead atoms. The van der Waals surface area contributed by atoms with Crippen molar-refractivity contribution in [2.24, 2.45) is 0 Å². The lowest BCUT2D eigenvalue weighted by atomic mass is 10.1. The standard InChI is InChI=1S/C16H15N3/c1-12-9-13-5-2-3-7-16(13)19(12)11-14-6-4-8-18-15(14)10-17/h2-8,12H,9,11H2,1H3. The van der Waals surface area contributed by atoms with E-state index in [0.29, 0.717) is 11.7 Å². The van der Waals surface area contributed by atoms with E-state index in [1.165, 1.54) is 11.3 Å². The van der Waals surface area contributed by atoms with Crippen molar-refractivity contribution < 1.29 is 0 Å². The van der Waals surface area contributed by atoms with Crippen LogP contribution in [0.1, 0.15) is 23.7 Å². The number of hydrogen-bond acceptors (Lipinski definition) is 3. The number of pyridine rings is 1. The summed E-state index contributed by atoms with van der Waals surface area (Å²) in [6, 6.07) is 15.0. The van der Waals surface area contributed by atoms with Crippen molar-refractivity contribution in [3.05, 3.63) is 59.4 Å². The normalized spacial score (nSPS) is 17.1. The van der Waals surface area contributed by atoms with E-state index >= 15 is 0 Å². The second kappa shape index (κ2) is 4.74. The third-order valence-corrected chi connectivity index (χ3v) is 3.69. The monoisotopic (exact) mass is 249 g/mol. The molecule has 1 unspecified atom stereocenters. The highest BCUT2D eigenvalue weighted by Crippen LogP contribution is 2.33. The van der Waals surface area contributed by atoms with E-state index in [4.69, 9.17) is 5.26 Å². The van der Waals surface area contributed by atoms with Crippen LogP contribution in [-0.4, -0.2) is 11.0 Å². The molecule has 94 valence electrons. The van der Waals surface area contributed by atoms with Gasteiger partial charge in [-0.25, -0.2) is 4.98 Å². The van der Waals surface area contributed by atoms with E-state index in [0.717, 1.165) is 18.5 Å². The minimum atomic E-state index is 0.462. The Morgan fingerprint density at radius 3 is 3.00 bits per heavy atom. The second-order valence-electron chi connectivity index (χ2n) is 4.93. The van der Waals surface area contributed by atoms with Crippen molar-refractivity contribution in [2.75, 3.05) is 4.90 Å². The molecule has 0 aliphatic carbocycles. The molecule has 0 saturated carbocycles. The Balaban J connectivity index is 1.94. The van der Waals surface area contributed by atoms with E-state index in [2.05, 4.69) is 47.1 Å². The van der Waals surface area contributed by atoms with Gasteiger partial charge in [-0.1, -0.05) is 24.3 Å². The summed E-state index contributed by atoms with van der Waals surface area (Å²) in [7, 11) is 0. The number of aromatic nitrogens is 1. The van der Waals surface area contributed by atoms with Gasteiger partial charge in [-0.3, -0.25) is 0 Å². The third-order valence-electron chi connectivity index (χ3n) is 3.69. The molecule has 0 amide bonds. The molecule has 1 aliphatic heterocycles. The fraction of sp³-hybridized carbons (Fsp3) is 0.250. The summed E-state index contributed by atoms with van der Waals surface area (Å²) < 4.78 is 0. The van der Waals surface area contributed by atoms with Crippen LogP contribution in [0.5, 0.6) is 0 Å². The van der Waals surface area contributed by atoms with Gasteiger partial charge in [-0.15, -0.1) is 0 Å². The maximum absolute atomic E-state index is 9.12. The summed E-state index contributed by atoms with van der Waals surface area (Å²) in [5.74, 6) is 0. The van der Waals surface area contributed by atoms with Gasteiger partial charge in [0.05, 0.1) is 0 Å². The molecule has 1 aromatic carbocycles. The SMILES string of the molecule is CC1Cc2ccccc2N1Cc1cccnc1C#N. The molecule has 19 heavy (non-hydrogen) atoms. The molecule has 3 nitrogen and oxygen atoms in total. The lowest BCUT2D eigenvalue weighted by Crippen LogP contribution is -2.29. The number of fused-ring (bicyclic) bond motifs is 1. The lowest BCUT2D eigenvalue weighted by Gasteiger charge is -2.25. The van der Waals surface area contributed by atoms with Crippen LogP contribution in [0.4, 0.5) is 5.69 Å². The average molecular weight is 249 g/mol. The van der Waals surface area contributed by atoms with E-state index in [9.17, 15) is 0 Å². The number of rotatable bonds is 2. The summed E-state index contributed by atoms with van der Waals surface area (Å²) in [6.07, 6.45) is 2.74. The molecule has 0 radical (unpaired) electrons. The molecule has 3 heteroatoms. The zero-order chi connectivity index (χ0) is 13.2. The first kappa shape index (κ1) is 11.7. The number of nitrogens with zero attached hydrogens (tertiary/aromatic N) is 3. The molecule has 0 N–H and O–H groups in total. The Hall–Kier alpha value is -2.34. The van der Waals surface area contributed by atoms with Gasteiger partial charge in [0.1, 0.15) is 11.8 Å². The number of anilines is 1. The van der Waals surface area contributed by atoms with E-state index in [1.54, 1.807) is 6.20 Å². The molecule has 0 saturated heterocycles. The van der Waals surface area contributed by atoms with Crippen LogP contribution in [0.25, 0.3) is 0 Å². The van der Waals surface area contributed by atoms with Crippen molar-refractivity contribution in [3.8, 4) is 6.07 Å². The predicted molar refractivity (Wildman–Crippen MR) is 74.7 cm³/mol. The van der Waals surface area contributed by atoms with Gasteiger partial charge < -0.3 is 4.90 Å². The minimum Gasteiger partial charge on any atom is -0.364 e. The number of hydrogen-bond donors (Lipinski definition) is 0. The van der Waals surface area contributed by atoms with Crippen molar-refractivity contribution in [2.45, 2.75) is 25.9 Å². The molecule has 0 spiro atoms. The number of benzene rings is 1. The zero-order valence-corrected chi connectivity index (χ0v) is 10.9. The molecular formula is C16H15N3. The molecule has 1 aliphatic rings. The van der Waals surface area contributed by atoms with Crippen molar-refractivity contribution in [1.29, 1.82) is 5.26 Å². The highest BCUT2D eigenvalue weighted by molar-refractivity contribution is 5.59. The topological polar surface area (TPSA) is 39.9 Å². The van der Waals surface area contributed by atoms with Gasteiger partial charge in [0.2, 0.25) is 0 Å². The second-order valence-corrected chi connectivity index (χ2v) is 4.93. The number of nitriles is 1. The van der Waals surface area contributed by atoms with Crippen LogP contribution in [0.15, 0.2) is 42.6 Å². The summed E-state index contributed by atoms with van der Waals surface area (Å²) in [6.45, 7) is 2.97. The van der Waals surface area contributed by atoms with Gasteiger partial charge in [0.25, 0.3) is 0 Å². The highest BCUT2D eigenvalue weighted by Gasteiger charge is 2.25. The first-order valence-electron chi connectivity index (χ1n) is 6.48. The molecule has 2 heterocycles. The Kier molecular flexibility index (Phi) is 2.92. The maximum atomic E-state index is 9.12. The molecule has 2 aromatic rings. The van der Waals surface area contributed by atoms with Crippen molar-refractivity contribution >= 4 is 5.69 Å². The zero-order valence-electron chi connectivity index (χ0n) is 10.9. The highest BCUT2D eigenvalue weighted by atomic mass is 15.2. The van der Waals surface area contributed by atoms with E-state index < -0.39 is 0 Å². The summed E-state index contributed by atoms with van der Waals surface area (Å²) in [5.41, 5.74) is 4.19. The van der Waals surface area contributed by atoms with Gasteiger partial charge in [0, 0.05) is 30.0 Å². The Morgan fingerprint density at radius 2 is 2.16 bits per heavy atom. The van der Waals surface area contributed by atoms with E-state index in [-0.39, 0.29) is 0 Å². The predicted octanol–water partition coefficient (Wildman–Crippen LogP) is 2.90. The van der Waals surface area contributed by atoms with Gasteiger partial charge >= 0.3 is 0 Å². The summed E-state index contributed by atoms with van der Waals surface area (Å²) in [5, 5.41) is 9.12. The van der Waals surface area contributed by atoms with Crippen LogP contribution in [-0.2, 0) is 13.0 Å². The summed E-state index contributed by atoms with van der Waals surface area (Å²) in [4.78, 5) is 6.49. The van der Waals surface area contributed by atoms with E-state index in [1.807, 2.05) is 12.1 Å². The van der Waals surface area contributed by atoms with Crippen molar-refractivity contribution in [1.82, 2.24) is 4.98 Å². The molecule has 1 aromatic heterocycles. The largest absolute Gasteiger partial charge is 0.364 e. The molecular weight excluding hydrogens is 234 g/mol. The van der Waals surface area contributed by atoms with Crippen LogP contribution in [0.3, 0.4) is 0 Å². The van der Waals surface area contributed by atoms with Crippen LogP contribution < -0.4 is 4.90 Å². The first-order valence-corrected chi connectivity index (χ1v) is 6.48. The van der Waals surface area contributed by atoms with Crippen LogP contribution in [0.2, 0.25) is 0 Å². The Bertz CT molecular complexity index is 642. The Labute approximate surface area is 113 Å². The molecule has 0 fully saturated rings. The summed E-state index contributed by atoms with van der Waals surface area (Å²) >= 11 is 0. The molecule has 1 atom stereocenters. The maximum Gasteiger partial charge on any atom is 0.145 e.